The number of aromatic nitrogens is 2. The number of esters is 2. The van der Waals surface area contributed by atoms with Crippen LogP contribution in [0.1, 0.15) is 65.2 Å². The number of amides is 3. The van der Waals surface area contributed by atoms with Gasteiger partial charge in [0, 0.05) is 47.6 Å². The van der Waals surface area contributed by atoms with Gasteiger partial charge >= 0.3 is 23.5 Å². The van der Waals surface area contributed by atoms with Gasteiger partial charge in [0.05, 0.1) is 55.9 Å². The second-order valence-corrected chi connectivity index (χ2v) is 12.4. The number of nitrogens with zero attached hydrogens (tertiary/aromatic N) is 2. The minimum absolute atomic E-state index is 0.211. The van der Waals surface area contributed by atoms with E-state index in [9.17, 15) is 28.8 Å². The quantitative estimate of drug-likeness (QED) is 0.0380. The summed E-state index contributed by atoms with van der Waals surface area (Å²) in [6.07, 6.45) is 6.63. The van der Waals surface area contributed by atoms with Crippen LogP contribution in [0.3, 0.4) is 0 Å². The third-order valence-corrected chi connectivity index (χ3v) is 8.11. The molecule has 0 saturated carbocycles. The number of alkyl carbamates (subject to hydrolysis) is 1. The molecule has 5 N–H and O–H groups in total. The third kappa shape index (κ3) is 18.1. The van der Waals surface area contributed by atoms with Crippen LogP contribution in [-0.2, 0) is 38.1 Å². The molecule has 4 aromatic rings. The number of hydrogen-bond acceptors (Lipinski definition) is 13. The van der Waals surface area contributed by atoms with Crippen molar-refractivity contribution in [3.8, 4) is 0 Å². The molecule has 0 spiro atoms. The molecule has 4 rings (SSSR count). The zero-order chi connectivity index (χ0) is 42.0. The number of pyridine rings is 2. The number of para-hydroxylation sites is 2. The second-order valence-electron chi connectivity index (χ2n) is 12.1. The molecule has 0 aliphatic rings. The lowest BCUT2D eigenvalue weighted by Gasteiger charge is -2.18. The van der Waals surface area contributed by atoms with Crippen LogP contribution in [0, 0.1) is 0 Å². The minimum Gasteiger partial charge on any atom is -0.466 e. The molecule has 2 heterocycles. The average molecular weight is 811 g/mol. The fourth-order valence-electron chi connectivity index (χ4n) is 5.17. The number of hydrogen-bond donors (Lipinski definition) is 4. The second kappa shape index (κ2) is 26.9. The highest BCUT2D eigenvalue weighted by atomic mass is 35.5. The normalized spacial score (nSPS) is 11.3. The highest BCUT2D eigenvalue weighted by Gasteiger charge is 2.22. The molecule has 2 aromatic heterocycles. The number of benzene rings is 2. The van der Waals surface area contributed by atoms with Gasteiger partial charge in [0.1, 0.15) is 6.04 Å². The van der Waals surface area contributed by atoms with Crippen molar-refractivity contribution in [1.82, 2.24) is 15.3 Å². The summed E-state index contributed by atoms with van der Waals surface area (Å²) in [5.74, 6) is -1.10. The largest absolute Gasteiger partial charge is 0.466 e. The lowest BCUT2D eigenvalue weighted by Crippen LogP contribution is -2.43. The van der Waals surface area contributed by atoms with Gasteiger partial charge in [-0.15, -0.1) is 0 Å². The van der Waals surface area contributed by atoms with Crippen molar-refractivity contribution in [2.75, 3.05) is 38.1 Å². The summed E-state index contributed by atoms with van der Waals surface area (Å²) in [5.41, 5.74) is 7.78. The number of unbranched alkanes of at least 4 members (excludes halogenated alkanes) is 2. The average Bonchev–Trinajstić information content (AvgIpc) is 3.21. The van der Waals surface area contributed by atoms with E-state index >= 15 is 0 Å². The van der Waals surface area contributed by atoms with Crippen LogP contribution in [0.15, 0.2) is 73.1 Å². The number of fused-ring (bicyclic) bond motifs is 2. The maximum absolute atomic E-state index is 12.7. The molecule has 2 aromatic carbocycles. The van der Waals surface area contributed by atoms with E-state index in [1.54, 1.807) is 38.4 Å². The highest BCUT2D eigenvalue weighted by molar-refractivity contribution is 6.61. The SMILES string of the molecule is CCOC(=O)CCCCC(N)C(=O)Nc1cccc2cccnc12.CCOC(=O)CCCCC(NC(=O)OC)C(=O)Nc1cccc2cccnc12.COC(=O)Cl. The van der Waals surface area contributed by atoms with E-state index in [1.165, 1.54) is 14.2 Å². The summed E-state index contributed by atoms with van der Waals surface area (Å²) in [6.45, 7) is 4.26. The molecule has 0 fully saturated rings. The standard InChI is InChI=1S/C20H25N3O5.C18H23N3O3.C2H3ClO2/c1-3-28-17(24)12-5-4-10-16(23-20(26)27-2)19(25)22-15-11-6-8-14-9-7-13-21-18(14)15;1-2-24-16(22)11-4-3-9-14(19)18(23)21-15-10-5-7-13-8-6-12-20-17(13)15;1-5-2(3)4/h6-9,11,13,16H,3-5,10,12H2,1-2H3,(H,22,25)(H,23,26);5-8,10,12,14H,2-4,9,11,19H2,1H3,(H,21,23);1H3. The number of carbonyl (C=O) groups is 6. The van der Waals surface area contributed by atoms with Crippen LogP contribution < -0.4 is 21.7 Å². The summed E-state index contributed by atoms with van der Waals surface area (Å²) < 4.78 is 18.2. The topological polar surface area (TPSA) is 227 Å². The Labute approximate surface area is 336 Å². The molecule has 0 saturated heterocycles. The molecule has 0 radical (unpaired) electrons. The van der Waals surface area contributed by atoms with Crippen molar-refractivity contribution in [1.29, 1.82) is 0 Å². The minimum atomic E-state index is -0.798. The number of carbonyl (C=O) groups excluding carboxylic acids is 6. The Morgan fingerprint density at radius 1 is 0.667 bits per heavy atom. The van der Waals surface area contributed by atoms with Gasteiger partial charge in [-0.3, -0.25) is 29.1 Å². The summed E-state index contributed by atoms with van der Waals surface area (Å²) >= 11 is 4.60. The lowest BCUT2D eigenvalue weighted by atomic mass is 10.1. The molecule has 2 unspecified atom stereocenters. The van der Waals surface area contributed by atoms with Gasteiger partial charge in [0.2, 0.25) is 11.8 Å². The smallest absolute Gasteiger partial charge is 0.407 e. The number of anilines is 2. The summed E-state index contributed by atoms with van der Waals surface area (Å²) in [5, 5.41) is 10.0. The van der Waals surface area contributed by atoms with Crippen LogP contribution in [-0.4, -0.2) is 84.8 Å². The fourth-order valence-corrected chi connectivity index (χ4v) is 5.17. The van der Waals surface area contributed by atoms with Crippen molar-refractivity contribution in [3.05, 3.63) is 73.1 Å². The zero-order valence-electron chi connectivity index (χ0n) is 32.6. The predicted molar refractivity (Wildman–Crippen MR) is 217 cm³/mol. The van der Waals surface area contributed by atoms with Gasteiger partial charge in [0.15, 0.2) is 0 Å². The van der Waals surface area contributed by atoms with Gasteiger partial charge < -0.3 is 40.6 Å². The number of nitrogens with one attached hydrogen (secondary N) is 3. The maximum Gasteiger partial charge on any atom is 0.407 e. The van der Waals surface area contributed by atoms with E-state index in [0.717, 1.165) is 16.3 Å². The monoisotopic (exact) mass is 810 g/mol. The van der Waals surface area contributed by atoms with Crippen LogP contribution in [0.2, 0.25) is 0 Å². The third-order valence-electron chi connectivity index (χ3n) is 7.95. The molecule has 17 heteroatoms. The molecular weight excluding hydrogens is 760 g/mol. The molecule has 3 amide bonds. The van der Waals surface area contributed by atoms with Crippen LogP contribution in [0.25, 0.3) is 21.8 Å². The van der Waals surface area contributed by atoms with Crippen LogP contribution in [0.5, 0.6) is 0 Å². The lowest BCUT2D eigenvalue weighted by molar-refractivity contribution is -0.144. The van der Waals surface area contributed by atoms with Crippen molar-refractivity contribution in [2.45, 2.75) is 77.3 Å². The molecule has 0 bridgehead atoms. The summed E-state index contributed by atoms with van der Waals surface area (Å²) in [4.78, 5) is 77.2. The van der Waals surface area contributed by atoms with Gasteiger partial charge in [-0.25, -0.2) is 9.59 Å². The Morgan fingerprint density at radius 3 is 1.58 bits per heavy atom. The van der Waals surface area contributed by atoms with E-state index < -0.39 is 23.6 Å². The highest BCUT2D eigenvalue weighted by Crippen LogP contribution is 2.22. The van der Waals surface area contributed by atoms with Gasteiger partial charge in [-0.05, 0) is 63.8 Å². The Hall–Kier alpha value is -5.87. The Bertz CT molecular complexity index is 1900. The van der Waals surface area contributed by atoms with Crippen molar-refractivity contribution in [2.24, 2.45) is 5.73 Å². The van der Waals surface area contributed by atoms with Gasteiger partial charge in [0.25, 0.3) is 0 Å². The summed E-state index contributed by atoms with van der Waals surface area (Å²) in [7, 11) is 2.45. The van der Waals surface area contributed by atoms with Crippen molar-refractivity contribution < 1.29 is 47.7 Å². The number of methoxy groups -OCH3 is 2. The van der Waals surface area contributed by atoms with E-state index in [2.05, 4.69) is 47.0 Å². The molecule has 57 heavy (non-hydrogen) atoms. The van der Waals surface area contributed by atoms with E-state index in [0.29, 0.717) is 75.1 Å². The number of nitrogens with two attached hydrogens (primary N) is 1. The Kier molecular flexibility index (Phi) is 22.3. The zero-order valence-corrected chi connectivity index (χ0v) is 33.3. The number of ether oxygens (including phenoxy) is 4. The first-order valence-corrected chi connectivity index (χ1v) is 18.8. The van der Waals surface area contributed by atoms with E-state index in [1.807, 2.05) is 48.5 Å². The predicted octanol–water partition coefficient (Wildman–Crippen LogP) is 6.64. The van der Waals surface area contributed by atoms with Crippen molar-refractivity contribution >= 4 is 80.1 Å². The molecular formula is C40H51ClN6O10. The van der Waals surface area contributed by atoms with Crippen LogP contribution in [0.4, 0.5) is 21.0 Å². The first-order valence-electron chi connectivity index (χ1n) is 18.4. The number of halogens is 1. The fraction of sp³-hybridized carbons (Fsp3) is 0.400. The summed E-state index contributed by atoms with van der Waals surface area (Å²) in [6, 6.07) is 17.2. The van der Waals surface area contributed by atoms with E-state index in [-0.39, 0.29) is 30.2 Å². The maximum atomic E-state index is 12.7. The molecule has 308 valence electrons. The Balaban J connectivity index is 0.000000355. The molecule has 0 aliphatic carbocycles. The number of rotatable bonds is 17. The Morgan fingerprint density at radius 2 is 1.12 bits per heavy atom. The molecule has 2 atom stereocenters. The van der Waals surface area contributed by atoms with Gasteiger partial charge in [-0.1, -0.05) is 49.2 Å². The van der Waals surface area contributed by atoms with Crippen LogP contribution >= 0.6 is 11.6 Å². The first-order chi connectivity index (χ1) is 27.4. The van der Waals surface area contributed by atoms with Crippen molar-refractivity contribution in [3.63, 3.8) is 0 Å². The first kappa shape index (κ1) is 47.3. The van der Waals surface area contributed by atoms with E-state index in [4.69, 9.17) is 15.2 Å². The molecule has 0 aliphatic heterocycles. The van der Waals surface area contributed by atoms with Gasteiger partial charge in [-0.2, -0.15) is 0 Å². The molecule has 16 nitrogen and oxygen atoms in total.